The second-order valence-electron chi connectivity index (χ2n) is 8.38. The fraction of sp³-hybridized carbons (Fsp3) is 0.842. The molecule has 3 saturated carbocycles. The number of nitrogens with one attached hydrogen (secondary N) is 1. The molecule has 0 aromatic carbocycles. The summed E-state index contributed by atoms with van der Waals surface area (Å²) >= 11 is 0. The quantitative estimate of drug-likeness (QED) is 0.467. The molecule has 1 saturated heterocycles. The van der Waals surface area contributed by atoms with Crippen LogP contribution in [-0.4, -0.2) is 45.4 Å². The highest BCUT2D eigenvalue weighted by Gasteiger charge is 2.62. The van der Waals surface area contributed by atoms with Crippen molar-refractivity contribution in [1.29, 1.82) is 0 Å². The number of quaternary nitrogens is 1. The molecule has 126 valence electrons. The van der Waals surface area contributed by atoms with Crippen LogP contribution in [0, 0.1) is 41.4 Å². The van der Waals surface area contributed by atoms with Crippen LogP contribution >= 0.6 is 0 Å². The third-order valence-electron chi connectivity index (χ3n) is 7.47. The van der Waals surface area contributed by atoms with Gasteiger partial charge in [-0.3, -0.25) is 4.79 Å². The monoisotopic (exact) mass is 318 g/mol. The highest BCUT2D eigenvalue weighted by Crippen LogP contribution is 2.67. The molecule has 4 fully saturated rings. The summed E-state index contributed by atoms with van der Waals surface area (Å²) in [5.74, 6) is 5.03. The molecule has 23 heavy (non-hydrogen) atoms. The topological polar surface area (TPSA) is 40.0 Å². The summed E-state index contributed by atoms with van der Waals surface area (Å²) in [6.07, 6.45) is 8.66. The zero-order chi connectivity index (χ0) is 15.4. The average molecular weight is 318 g/mol. The van der Waals surface area contributed by atoms with Gasteiger partial charge in [0.15, 0.2) is 0 Å². The number of hydrogen-bond acceptors (Lipinski definition) is 3. The molecule has 0 aromatic heterocycles. The largest absolute Gasteiger partial charge is 0.459 e. The van der Waals surface area contributed by atoms with Crippen LogP contribution in [0.3, 0.4) is 0 Å². The third-order valence-corrected chi connectivity index (χ3v) is 7.47. The molecule has 0 radical (unpaired) electrons. The van der Waals surface area contributed by atoms with E-state index < -0.39 is 0 Å². The van der Waals surface area contributed by atoms with E-state index in [9.17, 15) is 4.79 Å². The van der Waals surface area contributed by atoms with Crippen LogP contribution in [0.2, 0.25) is 0 Å². The molecule has 4 bridgehead atoms. The van der Waals surface area contributed by atoms with E-state index in [-0.39, 0.29) is 11.9 Å². The van der Waals surface area contributed by atoms with Crippen LogP contribution in [-0.2, 0) is 14.3 Å². The number of rotatable bonds is 4. The summed E-state index contributed by atoms with van der Waals surface area (Å²) in [4.78, 5) is 14.1. The molecule has 5 aliphatic rings. The van der Waals surface area contributed by atoms with E-state index in [1.807, 2.05) is 0 Å². The Bertz CT molecular complexity index is 513. The summed E-state index contributed by atoms with van der Waals surface area (Å²) in [5, 5.41) is 0. The van der Waals surface area contributed by atoms with E-state index in [1.54, 1.807) is 0 Å². The Morgan fingerprint density at radius 2 is 1.87 bits per heavy atom. The van der Waals surface area contributed by atoms with E-state index in [4.69, 9.17) is 9.47 Å². The minimum atomic E-state index is 0.107. The minimum Gasteiger partial charge on any atom is -0.459 e. The van der Waals surface area contributed by atoms with E-state index in [0.29, 0.717) is 12.5 Å². The number of esters is 1. The van der Waals surface area contributed by atoms with Gasteiger partial charge in [0.1, 0.15) is 26.2 Å². The minimum absolute atomic E-state index is 0.107. The van der Waals surface area contributed by atoms with Crippen molar-refractivity contribution < 1.29 is 19.2 Å². The van der Waals surface area contributed by atoms with Gasteiger partial charge < -0.3 is 14.4 Å². The lowest BCUT2D eigenvalue weighted by molar-refractivity contribution is -0.908. The van der Waals surface area contributed by atoms with Crippen molar-refractivity contribution in [3.63, 3.8) is 0 Å². The Kier molecular flexibility index (Phi) is 3.52. The van der Waals surface area contributed by atoms with Crippen molar-refractivity contribution in [1.82, 2.24) is 0 Å². The van der Waals surface area contributed by atoms with Crippen LogP contribution in [0.25, 0.3) is 0 Å². The van der Waals surface area contributed by atoms with Crippen molar-refractivity contribution in [3.05, 3.63) is 12.2 Å². The van der Waals surface area contributed by atoms with Crippen LogP contribution < -0.4 is 4.90 Å². The standard InChI is InChI=1S/C19H27NO3/c21-19(23-8-5-20-3-6-22-7-4-20)16-11-14-10-15(16)18-13-2-1-12(9-13)17(14)18/h1-2,12-18H,3-11H2/p+1. The molecular formula is C19H28NO3+. The Morgan fingerprint density at radius 3 is 2.70 bits per heavy atom. The van der Waals surface area contributed by atoms with Gasteiger partial charge in [-0.1, -0.05) is 12.2 Å². The zero-order valence-electron chi connectivity index (χ0n) is 13.8. The Balaban J connectivity index is 1.16. The molecule has 1 aliphatic heterocycles. The first kappa shape index (κ1) is 14.5. The maximum absolute atomic E-state index is 12.6. The van der Waals surface area contributed by atoms with Crippen LogP contribution in [0.15, 0.2) is 12.2 Å². The fourth-order valence-corrected chi connectivity index (χ4v) is 6.60. The Morgan fingerprint density at radius 1 is 1.09 bits per heavy atom. The molecule has 7 unspecified atom stereocenters. The second kappa shape index (κ2) is 5.59. The maximum atomic E-state index is 12.6. The first-order chi connectivity index (χ1) is 11.3. The van der Waals surface area contributed by atoms with Gasteiger partial charge >= 0.3 is 5.97 Å². The molecule has 4 aliphatic carbocycles. The molecular weight excluding hydrogens is 290 g/mol. The molecule has 1 heterocycles. The van der Waals surface area contributed by atoms with Crippen molar-refractivity contribution in [2.45, 2.75) is 19.3 Å². The average Bonchev–Trinajstić information content (AvgIpc) is 3.34. The van der Waals surface area contributed by atoms with E-state index in [1.165, 1.54) is 17.7 Å². The molecule has 0 spiro atoms. The molecule has 7 atom stereocenters. The summed E-state index contributed by atoms with van der Waals surface area (Å²) in [6.45, 7) is 5.30. The smallest absolute Gasteiger partial charge is 0.309 e. The number of allylic oxidation sites excluding steroid dienone is 2. The van der Waals surface area contributed by atoms with Gasteiger partial charge in [0.2, 0.25) is 0 Å². The lowest BCUT2D eigenvalue weighted by atomic mass is 9.69. The van der Waals surface area contributed by atoms with Crippen molar-refractivity contribution in [2.75, 3.05) is 39.5 Å². The number of ether oxygens (including phenoxy) is 2. The van der Waals surface area contributed by atoms with Crippen LogP contribution in [0.1, 0.15) is 19.3 Å². The maximum Gasteiger partial charge on any atom is 0.309 e. The summed E-state index contributed by atoms with van der Waals surface area (Å²) in [5.41, 5.74) is 0. The normalized spacial score (nSPS) is 47.2. The molecule has 0 amide bonds. The van der Waals surface area contributed by atoms with Gasteiger partial charge in [0.25, 0.3) is 0 Å². The number of carbonyl (C=O) groups is 1. The number of hydrogen-bond donors (Lipinski definition) is 1. The second-order valence-corrected chi connectivity index (χ2v) is 8.38. The van der Waals surface area contributed by atoms with Gasteiger partial charge in [-0.15, -0.1) is 0 Å². The lowest BCUT2D eigenvalue weighted by Crippen LogP contribution is -3.14. The molecule has 4 heteroatoms. The summed E-state index contributed by atoms with van der Waals surface area (Å²) in [6, 6.07) is 0. The van der Waals surface area contributed by atoms with Crippen molar-refractivity contribution in [2.24, 2.45) is 41.4 Å². The Labute approximate surface area is 138 Å². The zero-order valence-corrected chi connectivity index (χ0v) is 13.8. The first-order valence-electron chi connectivity index (χ1n) is 9.57. The number of carbonyl (C=O) groups excluding carboxylic acids is 1. The Hall–Kier alpha value is -0.870. The number of fused-ring (bicyclic) bond motifs is 9. The predicted octanol–water partition coefficient (Wildman–Crippen LogP) is 0.539. The highest BCUT2D eigenvalue weighted by atomic mass is 16.5. The fourth-order valence-electron chi connectivity index (χ4n) is 6.60. The third kappa shape index (κ3) is 2.29. The highest BCUT2D eigenvalue weighted by molar-refractivity contribution is 5.73. The molecule has 4 nitrogen and oxygen atoms in total. The molecule has 5 rings (SSSR count). The van der Waals surface area contributed by atoms with Gasteiger partial charge in [0.05, 0.1) is 19.1 Å². The summed E-state index contributed by atoms with van der Waals surface area (Å²) in [7, 11) is 0. The van der Waals surface area contributed by atoms with Crippen LogP contribution in [0.5, 0.6) is 0 Å². The lowest BCUT2D eigenvalue weighted by Gasteiger charge is -2.35. The van der Waals surface area contributed by atoms with Crippen LogP contribution in [0.4, 0.5) is 0 Å². The van der Waals surface area contributed by atoms with Crippen molar-refractivity contribution in [3.8, 4) is 0 Å². The molecule has 1 N–H and O–H groups in total. The van der Waals surface area contributed by atoms with Gasteiger partial charge in [-0.2, -0.15) is 0 Å². The predicted molar refractivity (Wildman–Crippen MR) is 84.8 cm³/mol. The van der Waals surface area contributed by atoms with Gasteiger partial charge in [-0.05, 0) is 54.8 Å². The van der Waals surface area contributed by atoms with Gasteiger partial charge in [-0.25, -0.2) is 0 Å². The first-order valence-corrected chi connectivity index (χ1v) is 9.57. The van der Waals surface area contributed by atoms with E-state index in [2.05, 4.69) is 12.2 Å². The van der Waals surface area contributed by atoms with E-state index >= 15 is 0 Å². The number of morpholine rings is 1. The summed E-state index contributed by atoms with van der Waals surface area (Å²) < 4.78 is 11.1. The van der Waals surface area contributed by atoms with Crippen molar-refractivity contribution >= 4 is 5.97 Å². The SMILES string of the molecule is O=C(OCC[NH+]1CCOCC1)C1CC2CC1C1C3C=CC(C3)C21. The van der Waals surface area contributed by atoms with E-state index in [0.717, 1.165) is 68.9 Å². The van der Waals surface area contributed by atoms with Gasteiger partial charge in [0, 0.05) is 0 Å². The molecule has 0 aromatic rings.